The van der Waals surface area contributed by atoms with Crippen LogP contribution < -0.4 is 16.0 Å². The smallest absolute Gasteiger partial charge is 0.241 e. The first-order chi connectivity index (χ1) is 9.25. The van der Waals surface area contributed by atoms with Gasteiger partial charge in [-0.25, -0.2) is 9.97 Å². The number of carbonyl (C=O) groups excluding carboxylic acids is 1. The molecule has 1 aromatic heterocycles. The van der Waals surface area contributed by atoms with Crippen LogP contribution in [0.4, 0.5) is 5.95 Å². The van der Waals surface area contributed by atoms with Gasteiger partial charge in [0.1, 0.15) is 6.04 Å². The number of primary amides is 1. The van der Waals surface area contributed by atoms with Crippen LogP contribution in [0.2, 0.25) is 0 Å². The van der Waals surface area contributed by atoms with E-state index in [1.807, 2.05) is 29.2 Å². The summed E-state index contributed by atoms with van der Waals surface area (Å²) in [6, 6.07) is 7.38. The van der Waals surface area contributed by atoms with E-state index in [1.165, 1.54) is 0 Å². The monoisotopic (exact) mass is 257 g/mol. The normalized spacial score (nSPS) is 19.6. The fourth-order valence-corrected chi connectivity index (χ4v) is 2.30. The van der Waals surface area contributed by atoms with E-state index in [-0.39, 0.29) is 5.91 Å². The van der Waals surface area contributed by atoms with Crippen LogP contribution in [0.15, 0.2) is 30.5 Å². The van der Waals surface area contributed by atoms with E-state index in [0.29, 0.717) is 19.0 Å². The predicted octanol–water partition coefficient (Wildman–Crippen LogP) is -0.107. The summed E-state index contributed by atoms with van der Waals surface area (Å²) in [5.41, 5.74) is 6.30. The summed E-state index contributed by atoms with van der Waals surface area (Å²) in [4.78, 5) is 22.2. The summed E-state index contributed by atoms with van der Waals surface area (Å²) in [7, 11) is 0. The number of hydrogen-bond donors (Lipinski definition) is 2. The topological polar surface area (TPSA) is 84.1 Å². The molecule has 6 nitrogen and oxygen atoms in total. The Hall–Kier alpha value is -2.21. The molecule has 1 unspecified atom stereocenters. The standard InChI is InChI=1S/C13H15N5O/c14-12(19)11-8-15-5-6-18(11)13-16-7-9-3-1-2-4-10(9)17-13/h1-4,7,11,15H,5-6,8H2,(H2,14,19). The molecular weight excluding hydrogens is 242 g/mol. The number of hydrogen-bond acceptors (Lipinski definition) is 5. The maximum atomic E-state index is 11.5. The van der Waals surface area contributed by atoms with Crippen molar-refractivity contribution < 1.29 is 4.79 Å². The second-order valence-corrected chi connectivity index (χ2v) is 4.54. The number of para-hydroxylation sites is 1. The first-order valence-corrected chi connectivity index (χ1v) is 6.24. The van der Waals surface area contributed by atoms with Crippen molar-refractivity contribution in [3.05, 3.63) is 30.5 Å². The van der Waals surface area contributed by atoms with Gasteiger partial charge in [0.2, 0.25) is 11.9 Å². The molecule has 1 amide bonds. The van der Waals surface area contributed by atoms with Crippen LogP contribution in [0.3, 0.4) is 0 Å². The van der Waals surface area contributed by atoms with Gasteiger partial charge >= 0.3 is 0 Å². The number of fused-ring (bicyclic) bond motifs is 1. The van der Waals surface area contributed by atoms with Crippen molar-refractivity contribution in [3.8, 4) is 0 Å². The Labute approximate surface area is 110 Å². The first kappa shape index (κ1) is 11.9. The van der Waals surface area contributed by atoms with Crippen LogP contribution in [0.1, 0.15) is 0 Å². The quantitative estimate of drug-likeness (QED) is 0.784. The minimum atomic E-state index is -0.394. The van der Waals surface area contributed by atoms with Crippen molar-refractivity contribution in [1.29, 1.82) is 0 Å². The highest BCUT2D eigenvalue weighted by atomic mass is 16.1. The van der Waals surface area contributed by atoms with Gasteiger partial charge in [-0.05, 0) is 6.07 Å². The number of aromatic nitrogens is 2. The van der Waals surface area contributed by atoms with Crippen LogP contribution in [0.5, 0.6) is 0 Å². The maximum absolute atomic E-state index is 11.5. The lowest BCUT2D eigenvalue weighted by atomic mass is 10.2. The highest BCUT2D eigenvalue weighted by molar-refractivity contribution is 5.84. The zero-order valence-electron chi connectivity index (χ0n) is 10.4. The number of carbonyl (C=O) groups is 1. The predicted molar refractivity (Wildman–Crippen MR) is 72.7 cm³/mol. The lowest BCUT2D eigenvalue weighted by molar-refractivity contribution is -0.119. The zero-order chi connectivity index (χ0) is 13.2. The Morgan fingerprint density at radius 1 is 1.42 bits per heavy atom. The molecule has 98 valence electrons. The van der Waals surface area contributed by atoms with Gasteiger partial charge in [-0.3, -0.25) is 4.79 Å². The number of amides is 1. The Bertz CT molecular complexity index is 615. The molecule has 3 N–H and O–H groups in total. The van der Waals surface area contributed by atoms with Crippen molar-refractivity contribution >= 4 is 22.8 Å². The number of anilines is 1. The lowest BCUT2D eigenvalue weighted by Gasteiger charge is -2.34. The number of nitrogens with zero attached hydrogens (tertiary/aromatic N) is 3. The van der Waals surface area contributed by atoms with Crippen LogP contribution in [-0.4, -0.2) is 41.6 Å². The molecule has 2 aromatic rings. The summed E-state index contributed by atoms with van der Waals surface area (Å²) < 4.78 is 0. The Morgan fingerprint density at radius 2 is 2.26 bits per heavy atom. The molecule has 6 heteroatoms. The van der Waals surface area contributed by atoms with E-state index in [4.69, 9.17) is 5.73 Å². The van der Waals surface area contributed by atoms with Crippen LogP contribution in [0, 0.1) is 0 Å². The van der Waals surface area contributed by atoms with E-state index in [0.717, 1.165) is 17.4 Å². The third-order valence-electron chi connectivity index (χ3n) is 3.31. The van der Waals surface area contributed by atoms with Crippen molar-refractivity contribution in [1.82, 2.24) is 15.3 Å². The molecule has 1 atom stereocenters. The molecule has 3 rings (SSSR count). The average molecular weight is 257 g/mol. The van der Waals surface area contributed by atoms with Gasteiger partial charge in [0.25, 0.3) is 0 Å². The molecule has 1 aliphatic heterocycles. The molecule has 0 bridgehead atoms. The zero-order valence-corrected chi connectivity index (χ0v) is 10.4. The van der Waals surface area contributed by atoms with Crippen LogP contribution >= 0.6 is 0 Å². The molecule has 1 fully saturated rings. The largest absolute Gasteiger partial charge is 0.368 e. The Balaban J connectivity index is 1.99. The molecule has 1 aliphatic rings. The van der Waals surface area contributed by atoms with Crippen LogP contribution in [-0.2, 0) is 4.79 Å². The summed E-state index contributed by atoms with van der Waals surface area (Å²) >= 11 is 0. The lowest BCUT2D eigenvalue weighted by Crippen LogP contribution is -2.57. The van der Waals surface area contributed by atoms with Crippen molar-refractivity contribution in [2.45, 2.75) is 6.04 Å². The van der Waals surface area contributed by atoms with Gasteiger partial charge in [-0.2, -0.15) is 0 Å². The van der Waals surface area contributed by atoms with E-state index in [1.54, 1.807) is 6.20 Å². The molecule has 0 saturated carbocycles. The number of benzene rings is 1. The van der Waals surface area contributed by atoms with Gasteiger partial charge in [0.05, 0.1) is 5.52 Å². The molecule has 1 aromatic carbocycles. The van der Waals surface area contributed by atoms with E-state index in [2.05, 4.69) is 15.3 Å². The second-order valence-electron chi connectivity index (χ2n) is 4.54. The van der Waals surface area contributed by atoms with Crippen molar-refractivity contribution in [2.75, 3.05) is 24.5 Å². The minimum Gasteiger partial charge on any atom is -0.368 e. The summed E-state index contributed by atoms with van der Waals surface area (Å²) in [6.45, 7) is 2.00. The highest BCUT2D eigenvalue weighted by Crippen LogP contribution is 2.17. The van der Waals surface area contributed by atoms with E-state index < -0.39 is 6.04 Å². The molecule has 2 heterocycles. The van der Waals surface area contributed by atoms with Crippen molar-refractivity contribution in [2.24, 2.45) is 5.73 Å². The van der Waals surface area contributed by atoms with E-state index >= 15 is 0 Å². The van der Waals surface area contributed by atoms with Gasteiger partial charge in [-0.1, -0.05) is 18.2 Å². The van der Waals surface area contributed by atoms with Crippen LogP contribution in [0.25, 0.3) is 10.9 Å². The highest BCUT2D eigenvalue weighted by Gasteiger charge is 2.28. The second kappa shape index (κ2) is 4.81. The number of nitrogens with two attached hydrogens (primary N) is 1. The third-order valence-corrected chi connectivity index (χ3v) is 3.31. The summed E-state index contributed by atoms with van der Waals surface area (Å²) in [5.74, 6) is 0.202. The number of nitrogens with one attached hydrogen (secondary N) is 1. The SMILES string of the molecule is NC(=O)C1CNCCN1c1ncc2ccccc2n1. The average Bonchev–Trinajstić information content (AvgIpc) is 2.46. The maximum Gasteiger partial charge on any atom is 0.241 e. The first-order valence-electron chi connectivity index (χ1n) is 6.24. The fraction of sp³-hybridized carbons (Fsp3) is 0.308. The minimum absolute atomic E-state index is 0.357. The van der Waals surface area contributed by atoms with Gasteiger partial charge in [-0.15, -0.1) is 0 Å². The summed E-state index contributed by atoms with van der Waals surface area (Å²) in [5, 5.41) is 4.14. The molecular formula is C13H15N5O. The molecule has 0 aliphatic carbocycles. The number of rotatable bonds is 2. The Kier molecular flexibility index (Phi) is 3.00. The van der Waals surface area contributed by atoms with E-state index in [9.17, 15) is 4.79 Å². The molecule has 0 radical (unpaired) electrons. The molecule has 19 heavy (non-hydrogen) atoms. The van der Waals surface area contributed by atoms with Gasteiger partial charge in [0, 0.05) is 31.2 Å². The molecule has 1 saturated heterocycles. The van der Waals surface area contributed by atoms with Crippen molar-refractivity contribution in [3.63, 3.8) is 0 Å². The Morgan fingerprint density at radius 3 is 3.11 bits per heavy atom. The number of piperazine rings is 1. The summed E-state index contributed by atoms with van der Waals surface area (Å²) in [6.07, 6.45) is 1.78. The third kappa shape index (κ3) is 2.22. The van der Waals surface area contributed by atoms with Gasteiger partial charge < -0.3 is 16.0 Å². The fourth-order valence-electron chi connectivity index (χ4n) is 2.30. The molecule has 0 spiro atoms. The van der Waals surface area contributed by atoms with Gasteiger partial charge in [0.15, 0.2) is 0 Å².